The van der Waals surface area contributed by atoms with E-state index in [9.17, 15) is 8.78 Å². The van der Waals surface area contributed by atoms with Crippen LogP contribution in [-0.2, 0) is 26.4 Å². The number of hydrogen-bond acceptors (Lipinski definition) is 3. The monoisotopic (exact) mass is 521 g/mol. The van der Waals surface area contributed by atoms with Crippen molar-refractivity contribution in [3.8, 4) is 5.75 Å². The van der Waals surface area contributed by atoms with Crippen molar-refractivity contribution < 1.29 is 13.5 Å². The lowest BCUT2D eigenvalue weighted by Gasteiger charge is -2.13. The summed E-state index contributed by atoms with van der Waals surface area (Å²) in [4.78, 5) is 4.65. The van der Waals surface area contributed by atoms with Crippen molar-refractivity contribution in [3.05, 3.63) is 46.8 Å². The number of aryl methyl sites for hydroxylation is 2. The highest BCUT2D eigenvalue weighted by atomic mass is 127. The first-order valence-electron chi connectivity index (χ1n) is 9.63. The average Bonchev–Trinajstić information content (AvgIpc) is 2.99. The second-order valence-corrected chi connectivity index (χ2v) is 6.25. The van der Waals surface area contributed by atoms with Crippen molar-refractivity contribution in [3.63, 3.8) is 0 Å². The number of benzene rings is 1. The maximum atomic E-state index is 13.6. The molecule has 0 radical (unpaired) electrons. The van der Waals surface area contributed by atoms with E-state index in [1.54, 1.807) is 0 Å². The predicted octanol–water partition coefficient (Wildman–Crippen LogP) is 3.58. The van der Waals surface area contributed by atoms with E-state index >= 15 is 0 Å². The molecule has 0 atom stereocenters. The zero-order valence-corrected chi connectivity index (χ0v) is 19.7. The number of nitrogens with one attached hydrogen (secondary N) is 2. The van der Waals surface area contributed by atoms with Gasteiger partial charge < -0.3 is 15.4 Å². The fourth-order valence-electron chi connectivity index (χ4n) is 3.00. The van der Waals surface area contributed by atoms with Crippen LogP contribution in [0.25, 0.3) is 0 Å². The van der Waals surface area contributed by atoms with Crippen molar-refractivity contribution in [1.82, 2.24) is 20.4 Å². The minimum Gasteiger partial charge on any atom is -0.489 e. The lowest BCUT2D eigenvalue weighted by Crippen LogP contribution is -2.39. The van der Waals surface area contributed by atoms with E-state index < -0.39 is 11.6 Å². The Morgan fingerprint density at radius 1 is 1.17 bits per heavy atom. The Labute approximate surface area is 188 Å². The molecule has 2 N–H and O–H groups in total. The Kier molecular flexibility index (Phi) is 10.9. The molecule has 1 heterocycles. The normalized spacial score (nSPS) is 11.2. The molecule has 2 rings (SSSR count). The summed E-state index contributed by atoms with van der Waals surface area (Å²) in [6.07, 6.45) is 1.76. The molecule has 0 aliphatic rings. The van der Waals surface area contributed by atoms with Gasteiger partial charge in [0.15, 0.2) is 17.5 Å². The molecule has 0 aliphatic heterocycles. The molecule has 6 nitrogen and oxygen atoms in total. The van der Waals surface area contributed by atoms with Crippen molar-refractivity contribution in [2.45, 2.75) is 40.2 Å². The molecule has 2 aromatic rings. The lowest BCUT2D eigenvalue weighted by atomic mass is 10.1. The molecule has 0 saturated heterocycles. The number of aliphatic imine (C=N–C) groups is 1. The smallest absolute Gasteiger partial charge is 0.191 e. The Bertz CT molecular complexity index is 810. The topological polar surface area (TPSA) is 63.5 Å². The first-order chi connectivity index (χ1) is 13.5. The number of hydrogen-bond donors (Lipinski definition) is 2. The Morgan fingerprint density at radius 3 is 2.55 bits per heavy atom. The summed E-state index contributed by atoms with van der Waals surface area (Å²) >= 11 is 0. The van der Waals surface area contributed by atoms with E-state index in [0.717, 1.165) is 30.2 Å². The number of guanidine groups is 1. The summed E-state index contributed by atoms with van der Waals surface area (Å²) in [5.74, 6) is -0.659. The van der Waals surface area contributed by atoms with Gasteiger partial charge in [0.05, 0.1) is 18.8 Å². The van der Waals surface area contributed by atoms with Gasteiger partial charge in [0.2, 0.25) is 0 Å². The van der Waals surface area contributed by atoms with Crippen LogP contribution in [0.3, 0.4) is 0 Å². The second-order valence-electron chi connectivity index (χ2n) is 6.25. The number of halogens is 3. The molecule has 1 aromatic heterocycles. The van der Waals surface area contributed by atoms with Crippen LogP contribution in [-0.4, -0.2) is 35.4 Å². The maximum Gasteiger partial charge on any atom is 0.191 e. The van der Waals surface area contributed by atoms with E-state index in [0.29, 0.717) is 25.6 Å². The Hall–Kier alpha value is -1.91. The van der Waals surface area contributed by atoms with E-state index in [1.807, 2.05) is 18.7 Å². The molecule has 0 spiro atoms. The van der Waals surface area contributed by atoms with Gasteiger partial charge >= 0.3 is 0 Å². The van der Waals surface area contributed by atoms with Crippen molar-refractivity contribution >= 4 is 29.9 Å². The number of ether oxygens (including phenoxy) is 1. The minimum atomic E-state index is -0.712. The van der Waals surface area contributed by atoms with Gasteiger partial charge in [-0.2, -0.15) is 5.10 Å². The largest absolute Gasteiger partial charge is 0.489 e. The summed E-state index contributed by atoms with van der Waals surface area (Å²) in [5, 5.41) is 10.9. The third-order valence-electron chi connectivity index (χ3n) is 4.31. The first kappa shape index (κ1) is 25.1. The molecule has 9 heteroatoms. The van der Waals surface area contributed by atoms with Gasteiger partial charge in [-0.1, -0.05) is 13.8 Å². The number of nitrogens with zero attached hydrogens (tertiary/aromatic N) is 3. The first-order valence-corrected chi connectivity index (χ1v) is 9.63. The number of rotatable bonds is 9. The quantitative estimate of drug-likeness (QED) is 0.229. The van der Waals surface area contributed by atoms with Crippen LogP contribution in [0.2, 0.25) is 0 Å². The fourth-order valence-corrected chi connectivity index (χ4v) is 3.00. The van der Waals surface area contributed by atoms with Crippen LogP contribution in [0, 0.1) is 11.6 Å². The summed E-state index contributed by atoms with van der Waals surface area (Å²) < 4.78 is 33.8. The Balaban J connectivity index is 0.00000420. The SMILES string of the molecule is CCNC(=NCc1c(CC)nn(C)c1CC)NCCOc1ccc(F)cc1F.I. The third kappa shape index (κ3) is 7.13. The van der Waals surface area contributed by atoms with Crippen LogP contribution in [0.15, 0.2) is 23.2 Å². The molecule has 0 bridgehead atoms. The zero-order valence-electron chi connectivity index (χ0n) is 17.4. The van der Waals surface area contributed by atoms with Gasteiger partial charge in [0.1, 0.15) is 12.4 Å². The standard InChI is InChI=1S/C20H29F2N5O.HI/c1-5-17-15(18(6-2)27(4)26-17)13-25-20(23-7-3)24-10-11-28-19-9-8-14(21)12-16(19)22;/h8-9,12H,5-7,10-11,13H2,1-4H3,(H2,23,24,25);1H. The van der Waals surface area contributed by atoms with Gasteiger partial charge in [-0.3, -0.25) is 4.68 Å². The van der Waals surface area contributed by atoms with Gasteiger partial charge in [0, 0.05) is 30.9 Å². The molecular formula is C20H30F2IN5O. The number of aromatic nitrogens is 2. The summed E-state index contributed by atoms with van der Waals surface area (Å²) in [5.41, 5.74) is 3.41. The molecule has 0 unspecified atom stereocenters. The van der Waals surface area contributed by atoms with E-state index in [4.69, 9.17) is 4.74 Å². The van der Waals surface area contributed by atoms with E-state index in [1.165, 1.54) is 17.8 Å². The van der Waals surface area contributed by atoms with Crippen LogP contribution in [0.1, 0.15) is 37.7 Å². The Morgan fingerprint density at radius 2 is 1.93 bits per heavy atom. The summed E-state index contributed by atoms with van der Waals surface area (Å²) in [6.45, 7) is 8.08. The molecule has 0 aliphatic carbocycles. The average molecular weight is 521 g/mol. The van der Waals surface area contributed by atoms with Gasteiger partial charge in [-0.25, -0.2) is 13.8 Å². The molecule has 1 aromatic carbocycles. The highest BCUT2D eigenvalue weighted by Gasteiger charge is 2.13. The zero-order chi connectivity index (χ0) is 20.5. The van der Waals surface area contributed by atoms with Crippen molar-refractivity contribution in [1.29, 1.82) is 0 Å². The van der Waals surface area contributed by atoms with Gasteiger partial charge in [0.25, 0.3) is 0 Å². The summed E-state index contributed by atoms with van der Waals surface area (Å²) in [7, 11) is 1.96. The molecule has 0 amide bonds. The lowest BCUT2D eigenvalue weighted by molar-refractivity contribution is 0.304. The van der Waals surface area contributed by atoms with Crippen LogP contribution >= 0.6 is 24.0 Å². The maximum absolute atomic E-state index is 13.6. The molecular weight excluding hydrogens is 491 g/mol. The van der Waals surface area contributed by atoms with Crippen LogP contribution < -0.4 is 15.4 Å². The highest BCUT2D eigenvalue weighted by molar-refractivity contribution is 14.0. The van der Waals surface area contributed by atoms with Crippen molar-refractivity contribution in [2.75, 3.05) is 19.7 Å². The molecule has 162 valence electrons. The van der Waals surface area contributed by atoms with E-state index in [-0.39, 0.29) is 36.3 Å². The predicted molar refractivity (Wildman–Crippen MR) is 122 cm³/mol. The molecule has 0 fully saturated rings. The third-order valence-corrected chi connectivity index (χ3v) is 4.31. The van der Waals surface area contributed by atoms with Crippen LogP contribution in [0.5, 0.6) is 5.75 Å². The minimum absolute atomic E-state index is 0. The highest BCUT2D eigenvalue weighted by Crippen LogP contribution is 2.17. The second kappa shape index (κ2) is 12.6. The van der Waals surface area contributed by atoms with Crippen LogP contribution in [0.4, 0.5) is 8.78 Å². The molecule has 0 saturated carbocycles. The van der Waals surface area contributed by atoms with Gasteiger partial charge in [-0.05, 0) is 31.9 Å². The van der Waals surface area contributed by atoms with Crippen molar-refractivity contribution in [2.24, 2.45) is 12.0 Å². The van der Waals surface area contributed by atoms with E-state index in [2.05, 4.69) is 34.6 Å². The summed E-state index contributed by atoms with van der Waals surface area (Å²) in [6, 6.07) is 3.26. The fraction of sp³-hybridized carbons (Fsp3) is 0.500. The van der Waals surface area contributed by atoms with Gasteiger partial charge in [-0.15, -0.1) is 24.0 Å². The molecule has 29 heavy (non-hydrogen) atoms.